The molecule has 1 atom stereocenters. The summed E-state index contributed by atoms with van der Waals surface area (Å²) in [5.41, 5.74) is 2.75. The summed E-state index contributed by atoms with van der Waals surface area (Å²) in [6.07, 6.45) is 1.11. The van der Waals surface area contributed by atoms with E-state index in [1.165, 1.54) is 17.7 Å². The van der Waals surface area contributed by atoms with E-state index in [0.29, 0.717) is 6.04 Å². The van der Waals surface area contributed by atoms with Crippen LogP contribution in [0.4, 0.5) is 0 Å². The molecule has 100 valence electrons. The van der Waals surface area contributed by atoms with Gasteiger partial charge < -0.3 is 15.5 Å². The van der Waals surface area contributed by atoms with Crippen LogP contribution in [0.1, 0.15) is 11.1 Å². The summed E-state index contributed by atoms with van der Waals surface area (Å²) in [6.45, 7) is 7.69. The largest absolute Gasteiger partial charge is 0.315 e. The van der Waals surface area contributed by atoms with Crippen LogP contribution in [0.5, 0.6) is 0 Å². The minimum atomic E-state index is 0.599. The molecular weight excluding hydrogens is 222 g/mol. The molecule has 1 aromatic rings. The summed E-state index contributed by atoms with van der Waals surface area (Å²) in [5.74, 6) is 0. The molecular formula is C15H25N3. The lowest BCUT2D eigenvalue weighted by atomic mass is 10.1. The van der Waals surface area contributed by atoms with Gasteiger partial charge in [0, 0.05) is 32.2 Å². The van der Waals surface area contributed by atoms with Crippen molar-refractivity contribution in [3.8, 4) is 0 Å². The third kappa shape index (κ3) is 4.41. The molecule has 0 saturated carbocycles. The Labute approximate surface area is 111 Å². The van der Waals surface area contributed by atoms with Crippen molar-refractivity contribution in [1.82, 2.24) is 15.5 Å². The van der Waals surface area contributed by atoms with Crippen LogP contribution in [0.15, 0.2) is 24.3 Å². The molecule has 0 bridgehead atoms. The van der Waals surface area contributed by atoms with E-state index in [4.69, 9.17) is 0 Å². The summed E-state index contributed by atoms with van der Waals surface area (Å²) in [7, 11) is 2.19. The van der Waals surface area contributed by atoms with Crippen LogP contribution >= 0.6 is 0 Å². The molecule has 1 saturated heterocycles. The third-order valence-corrected chi connectivity index (χ3v) is 3.56. The Morgan fingerprint density at radius 3 is 2.83 bits per heavy atom. The Morgan fingerprint density at radius 2 is 2.11 bits per heavy atom. The SMILES string of the molecule is Cc1ccc(CCNCC2CN(C)CCN2)cc1. The van der Waals surface area contributed by atoms with E-state index in [-0.39, 0.29) is 0 Å². The Balaban J connectivity index is 1.62. The minimum Gasteiger partial charge on any atom is -0.315 e. The second kappa shape index (κ2) is 6.88. The van der Waals surface area contributed by atoms with Crippen molar-refractivity contribution in [3.63, 3.8) is 0 Å². The van der Waals surface area contributed by atoms with E-state index in [2.05, 4.69) is 53.8 Å². The summed E-state index contributed by atoms with van der Waals surface area (Å²) in [4.78, 5) is 2.39. The molecule has 0 aromatic heterocycles. The van der Waals surface area contributed by atoms with E-state index < -0.39 is 0 Å². The number of nitrogens with zero attached hydrogens (tertiary/aromatic N) is 1. The van der Waals surface area contributed by atoms with Gasteiger partial charge in [-0.25, -0.2) is 0 Å². The van der Waals surface area contributed by atoms with E-state index in [0.717, 1.165) is 32.6 Å². The second-order valence-corrected chi connectivity index (χ2v) is 5.35. The smallest absolute Gasteiger partial charge is 0.0320 e. The van der Waals surface area contributed by atoms with Gasteiger partial charge in [-0.2, -0.15) is 0 Å². The zero-order valence-electron chi connectivity index (χ0n) is 11.6. The summed E-state index contributed by atoms with van der Waals surface area (Å²) in [6, 6.07) is 9.43. The molecule has 1 aliphatic heterocycles. The number of benzene rings is 1. The first-order valence-corrected chi connectivity index (χ1v) is 6.92. The average molecular weight is 247 g/mol. The van der Waals surface area contributed by atoms with E-state index in [1.54, 1.807) is 0 Å². The first-order chi connectivity index (χ1) is 8.74. The maximum absolute atomic E-state index is 3.55. The summed E-state index contributed by atoms with van der Waals surface area (Å²) >= 11 is 0. The van der Waals surface area contributed by atoms with Gasteiger partial charge in [-0.15, -0.1) is 0 Å². The minimum absolute atomic E-state index is 0.599. The zero-order chi connectivity index (χ0) is 12.8. The van der Waals surface area contributed by atoms with Gasteiger partial charge in [0.25, 0.3) is 0 Å². The topological polar surface area (TPSA) is 27.3 Å². The second-order valence-electron chi connectivity index (χ2n) is 5.35. The van der Waals surface area contributed by atoms with Crippen LogP contribution in [0.2, 0.25) is 0 Å². The van der Waals surface area contributed by atoms with Gasteiger partial charge in [-0.05, 0) is 32.5 Å². The highest BCUT2D eigenvalue weighted by Gasteiger charge is 2.15. The lowest BCUT2D eigenvalue weighted by molar-refractivity contribution is 0.235. The van der Waals surface area contributed by atoms with Gasteiger partial charge >= 0.3 is 0 Å². The predicted octanol–water partition coefficient (Wildman–Crippen LogP) is 1.03. The number of hydrogen-bond donors (Lipinski definition) is 2. The van der Waals surface area contributed by atoms with Crippen LogP contribution in [0.3, 0.4) is 0 Å². The van der Waals surface area contributed by atoms with Crippen molar-refractivity contribution in [2.24, 2.45) is 0 Å². The fourth-order valence-corrected chi connectivity index (χ4v) is 2.39. The number of likely N-dealkylation sites (N-methyl/N-ethyl adjacent to an activating group) is 1. The Kier molecular flexibility index (Phi) is 5.17. The van der Waals surface area contributed by atoms with E-state index >= 15 is 0 Å². The van der Waals surface area contributed by atoms with E-state index in [1.807, 2.05) is 0 Å². The van der Waals surface area contributed by atoms with Crippen LogP contribution < -0.4 is 10.6 Å². The maximum atomic E-state index is 3.55. The zero-order valence-corrected chi connectivity index (χ0v) is 11.6. The van der Waals surface area contributed by atoms with Crippen molar-refractivity contribution >= 4 is 0 Å². The van der Waals surface area contributed by atoms with Gasteiger partial charge in [0.15, 0.2) is 0 Å². The molecule has 3 nitrogen and oxygen atoms in total. The summed E-state index contributed by atoms with van der Waals surface area (Å²) < 4.78 is 0. The van der Waals surface area contributed by atoms with Crippen molar-refractivity contribution in [2.45, 2.75) is 19.4 Å². The Morgan fingerprint density at radius 1 is 1.33 bits per heavy atom. The number of rotatable bonds is 5. The highest BCUT2D eigenvalue weighted by molar-refractivity contribution is 5.21. The van der Waals surface area contributed by atoms with Gasteiger partial charge in [-0.1, -0.05) is 29.8 Å². The molecule has 1 aromatic carbocycles. The van der Waals surface area contributed by atoms with Crippen LogP contribution in [-0.4, -0.2) is 50.7 Å². The van der Waals surface area contributed by atoms with Crippen molar-refractivity contribution in [2.75, 3.05) is 39.8 Å². The molecule has 2 N–H and O–H groups in total. The monoisotopic (exact) mass is 247 g/mol. The van der Waals surface area contributed by atoms with Crippen LogP contribution in [0.25, 0.3) is 0 Å². The Hall–Kier alpha value is -0.900. The first kappa shape index (κ1) is 13.5. The molecule has 0 amide bonds. The van der Waals surface area contributed by atoms with Crippen molar-refractivity contribution in [3.05, 3.63) is 35.4 Å². The normalized spacial score (nSPS) is 21.1. The van der Waals surface area contributed by atoms with Gasteiger partial charge in [0.2, 0.25) is 0 Å². The molecule has 0 aliphatic carbocycles. The highest BCUT2D eigenvalue weighted by Crippen LogP contribution is 2.03. The number of aryl methyl sites for hydroxylation is 1. The predicted molar refractivity (Wildman–Crippen MR) is 77.0 cm³/mol. The molecule has 2 rings (SSSR count). The van der Waals surface area contributed by atoms with Crippen LogP contribution in [0, 0.1) is 6.92 Å². The fourth-order valence-electron chi connectivity index (χ4n) is 2.39. The number of piperazine rings is 1. The molecule has 1 unspecified atom stereocenters. The van der Waals surface area contributed by atoms with Crippen molar-refractivity contribution in [1.29, 1.82) is 0 Å². The van der Waals surface area contributed by atoms with Gasteiger partial charge in [0.1, 0.15) is 0 Å². The molecule has 0 radical (unpaired) electrons. The lowest BCUT2D eigenvalue weighted by Crippen LogP contribution is -2.53. The number of nitrogens with one attached hydrogen (secondary N) is 2. The quantitative estimate of drug-likeness (QED) is 0.761. The van der Waals surface area contributed by atoms with Gasteiger partial charge in [-0.3, -0.25) is 0 Å². The molecule has 18 heavy (non-hydrogen) atoms. The third-order valence-electron chi connectivity index (χ3n) is 3.56. The first-order valence-electron chi connectivity index (χ1n) is 6.92. The number of hydrogen-bond acceptors (Lipinski definition) is 3. The molecule has 1 aliphatic rings. The maximum Gasteiger partial charge on any atom is 0.0320 e. The lowest BCUT2D eigenvalue weighted by Gasteiger charge is -2.31. The molecule has 1 fully saturated rings. The Bertz CT molecular complexity index is 347. The molecule has 0 spiro atoms. The standard InChI is InChI=1S/C15H25N3/c1-13-3-5-14(6-4-13)7-8-16-11-15-12-18(2)10-9-17-15/h3-6,15-17H,7-12H2,1-2H3. The van der Waals surface area contributed by atoms with Crippen LogP contribution in [-0.2, 0) is 6.42 Å². The van der Waals surface area contributed by atoms with Crippen molar-refractivity contribution < 1.29 is 0 Å². The summed E-state index contributed by atoms with van der Waals surface area (Å²) in [5, 5.41) is 7.10. The fraction of sp³-hybridized carbons (Fsp3) is 0.600. The van der Waals surface area contributed by atoms with Gasteiger partial charge in [0.05, 0.1) is 0 Å². The van der Waals surface area contributed by atoms with E-state index in [9.17, 15) is 0 Å². The molecule has 3 heteroatoms. The molecule has 1 heterocycles. The average Bonchev–Trinajstić information content (AvgIpc) is 2.37. The highest BCUT2D eigenvalue weighted by atomic mass is 15.2.